The lowest BCUT2D eigenvalue weighted by molar-refractivity contribution is 0.0951. The first-order chi connectivity index (χ1) is 10.2. The molecule has 106 valence electrons. The summed E-state index contributed by atoms with van der Waals surface area (Å²) in [5.41, 5.74) is 8.52. The predicted octanol–water partition coefficient (Wildman–Crippen LogP) is 1.75. The largest absolute Gasteiger partial charge is 0.399 e. The fourth-order valence-corrected chi connectivity index (χ4v) is 2.17. The number of nitrogens with two attached hydrogens (primary N) is 1. The molecule has 6 heteroatoms. The maximum atomic E-state index is 11.9. The van der Waals surface area contributed by atoms with Crippen molar-refractivity contribution >= 4 is 22.5 Å². The number of amides is 1. The van der Waals surface area contributed by atoms with E-state index < -0.39 is 0 Å². The Kier molecular flexibility index (Phi) is 3.27. The quantitative estimate of drug-likeness (QED) is 0.716. The van der Waals surface area contributed by atoms with Gasteiger partial charge >= 0.3 is 0 Å². The van der Waals surface area contributed by atoms with Crippen molar-refractivity contribution in [2.75, 3.05) is 12.3 Å². The van der Waals surface area contributed by atoms with Crippen molar-refractivity contribution in [3.05, 3.63) is 48.4 Å². The van der Waals surface area contributed by atoms with Gasteiger partial charge in [-0.2, -0.15) is 5.10 Å². The van der Waals surface area contributed by atoms with E-state index in [9.17, 15) is 4.79 Å². The monoisotopic (exact) mass is 281 g/mol. The molecule has 0 aliphatic carbocycles. The average molecular weight is 281 g/mol. The number of benzene rings is 1. The van der Waals surface area contributed by atoms with E-state index >= 15 is 0 Å². The van der Waals surface area contributed by atoms with Gasteiger partial charge in [0.1, 0.15) is 5.69 Å². The Morgan fingerprint density at radius 3 is 3.00 bits per heavy atom. The predicted molar refractivity (Wildman–Crippen MR) is 81.3 cm³/mol. The maximum Gasteiger partial charge on any atom is 0.269 e. The summed E-state index contributed by atoms with van der Waals surface area (Å²) in [4.78, 5) is 15.9. The highest BCUT2D eigenvalue weighted by Gasteiger charge is 2.10. The molecule has 0 unspecified atom stereocenters. The molecule has 0 saturated carbocycles. The second-order valence-electron chi connectivity index (χ2n) is 4.63. The molecule has 0 spiro atoms. The first-order valence-electron chi connectivity index (χ1n) is 6.67. The van der Waals surface area contributed by atoms with Crippen LogP contribution in [0.5, 0.6) is 0 Å². The van der Waals surface area contributed by atoms with Crippen molar-refractivity contribution in [3.8, 4) is 5.69 Å². The van der Waals surface area contributed by atoms with Gasteiger partial charge in [0.15, 0.2) is 0 Å². The van der Waals surface area contributed by atoms with E-state index in [1.165, 1.54) is 0 Å². The molecule has 3 rings (SSSR count). The Labute approximate surface area is 121 Å². The van der Waals surface area contributed by atoms with Gasteiger partial charge < -0.3 is 11.1 Å². The highest BCUT2D eigenvalue weighted by Crippen LogP contribution is 2.20. The van der Waals surface area contributed by atoms with Crippen LogP contribution in [0.2, 0.25) is 0 Å². The fraction of sp³-hybridized carbons (Fsp3) is 0.133. The summed E-state index contributed by atoms with van der Waals surface area (Å²) >= 11 is 0. The lowest BCUT2D eigenvalue weighted by atomic mass is 10.2. The summed E-state index contributed by atoms with van der Waals surface area (Å²) in [6.45, 7) is 2.43. The summed E-state index contributed by atoms with van der Waals surface area (Å²) in [5.74, 6) is -0.199. The van der Waals surface area contributed by atoms with Crippen LogP contribution >= 0.6 is 0 Å². The molecule has 0 saturated heterocycles. The van der Waals surface area contributed by atoms with E-state index in [1.807, 2.05) is 25.1 Å². The zero-order valence-electron chi connectivity index (χ0n) is 11.6. The third-order valence-electron chi connectivity index (χ3n) is 3.15. The van der Waals surface area contributed by atoms with Gasteiger partial charge in [-0.3, -0.25) is 9.78 Å². The van der Waals surface area contributed by atoms with Crippen molar-refractivity contribution in [1.29, 1.82) is 0 Å². The number of nitrogens with zero attached hydrogens (tertiary/aromatic N) is 3. The molecule has 0 bridgehead atoms. The topological polar surface area (TPSA) is 85.8 Å². The molecule has 0 atom stereocenters. The number of nitrogen functional groups attached to an aromatic ring is 1. The number of aromatic nitrogens is 3. The molecule has 0 aliphatic rings. The Morgan fingerprint density at radius 1 is 1.33 bits per heavy atom. The van der Waals surface area contributed by atoms with Gasteiger partial charge in [-0.05, 0) is 37.3 Å². The van der Waals surface area contributed by atoms with E-state index in [0.717, 1.165) is 16.6 Å². The van der Waals surface area contributed by atoms with Crippen LogP contribution in [-0.4, -0.2) is 27.2 Å². The summed E-state index contributed by atoms with van der Waals surface area (Å²) < 4.78 is 1.75. The van der Waals surface area contributed by atoms with E-state index in [0.29, 0.717) is 17.9 Å². The second-order valence-corrected chi connectivity index (χ2v) is 4.63. The zero-order chi connectivity index (χ0) is 14.8. The number of carbonyl (C=O) groups is 1. The van der Waals surface area contributed by atoms with Gasteiger partial charge in [0.2, 0.25) is 0 Å². The molecule has 6 nitrogen and oxygen atoms in total. The summed E-state index contributed by atoms with van der Waals surface area (Å²) in [6, 6.07) is 9.12. The highest BCUT2D eigenvalue weighted by molar-refractivity contribution is 5.93. The smallest absolute Gasteiger partial charge is 0.269 e. The third kappa shape index (κ3) is 2.43. The minimum Gasteiger partial charge on any atom is -0.399 e. The van der Waals surface area contributed by atoms with E-state index in [-0.39, 0.29) is 5.91 Å². The van der Waals surface area contributed by atoms with Crippen LogP contribution in [0.25, 0.3) is 16.6 Å². The summed E-state index contributed by atoms with van der Waals surface area (Å²) in [5, 5.41) is 8.07. The van der Waals surface area contributed by atoms with Crippen LogP contribution < -0.4 is 11.1 Å². The highest BCUT2D eigenvalue weighted by atomic mass is 16.1. The normalized spacial score (nSPS) is 10.7. The average Bonchev–Trinajstić information content (AvgIpc) is 2.90. The number of hydrogen-bond donors (Lipinski definition) is 2. The van der Waals surface area contributed by atoms with Crippen LogP contribution in [0.1, 0.15) is 17.4 Å². The van der Waals surface area contributed by atoms with Gasteiger partial charge in [-0.15, -0.1) is 0 Å². The second kappa shape index (κ2) is 5.24. The van der Waals surface area contributed by atoms with E-state index in [4.69, 9.17) is 5.73 Å². The minimum atomic E-state index is -0.199. The number of hydrogen-bond acceptors (Lipinski definition) is 4. The molecule has 1 aromatic carbocycles. The molecule has 2 heterocycles. The van der Waals surface area contributed by atoms with Crippen LogP contribution in [-0.2, 0) is 0 Å². The Hall–Kier alpha value is -2.89. The molecule has 0 aliphatic heterocycles. The lowest BCUT2D eigenvalue weighted by Gasteiger charge is -2.06. The van der Waals surface area contributed by atoms with Crippen molar-refractivity contribution in [2.45, 2.75) is 6.92 Å². The zero-order valence-corrected chi connectivity index (χ0v) is 11.6. The fourth-order valence-electron chi connectivity index (χ4n) is 2.17. The van der Waals surface area contributed by atoms with Gasteiger partial charge in [0, 0.05) is 23.8 Å². The Morgan fingerprint density at radius 2 is 2.19 bits per heavy atom. The van der Waals surface area contributed by atoms with Crippen molar-refractivity contribution < 1.29 is 4.79 Å². The van der Waals surface area contributed by atoms with Crippen molar-refractivity contribution in [1.82, 2.24) is 20.1 Å². The molecule has 21 heavy (non-hydrogen) atoms. The Balaban J connectivity index is 2.08. The van der Waals surface area contributed by atoms with Crippen LogP contribution in [0.4, 0.5) is 5.69 Å². The summed E-state index contributed by atoms with van der Waals surface area (Å²) in [6.07, 6.45) is 3.36. The van der Waals surface area contributed by atoms with E-state index in [2.05, 4.69) is 15.4 Å². The van der Waals surface area contributed by atoms with Crippen molar-refractivity contribution in [3.63, 3.8) is 0 Å². The Bertz CT molecular complexity index is 809. The van der Waals surface area contributed by atoms with Crippen molar-refractivity contribution in [2.24, 2.45) is 0 Å². The molecular weight excluding hydrogens is 266 g/mol. The molecule has 3 aromatic rings. The molecule has 0 radical (unpaired) electrons. The number of rotatable bonds is 3. The molecule has 3 N–H and O–H groups in total. The number of nitrogens with one attached hydrogen (secondary N) is 1. The SMILES string of the molecule is CCNC(=O)c1cc(-n2ncc3ccc(N)cc32)ccn1. The molecule has 1 amide bonds. The lowest BCUT2D eigenvalue weighted by Crippen LogP contribution is -2.23. The first kappa shape index (κ1) is 13.1. The minimum absolute atomic E-state index is 0.199. The van der Waals surface area contributed by atoms with E-state index in [1.54, 1.807) is 29.2 Å². The molecule has 0 fully saturated rings. The molecule has 2 aromatic heterocycles. The van der Waals surface area contributed by atoms with Gasteiger partial charge in [-0.1, -0.05) is 0 Å². The van der Waals surface area contributed by atoms with Gasteiger partial charge in [-0.25, -0.2) is 4.68 Å². The van der Waals surface area contributed by atoms with Crippen LogP contribution in [0, 0.1) is 0 Å². The first-order valence-corrected chi connectivity index (χ1v) is 6.67. The van der Waals surface area contributed by atoms with Crippen LogP contribution in [0.15, 0.2) is 42.7 Å². The maximum absolute atomic E-state index is 11.9. The molecular formula is C15H15N5O. The number of fused-ring (bicyclic) bond motifs is 1. The standard InChI is InChI=1S/C15H15N5O/c1-2-17-15(21)13-8-12(5-6-18-13)20-14-7-11(16)4-3-10(14)9-19-20/h3-9H,2,16H2,1H3,(H,17,21). The van der Waals surface area contributed by atoms with Crippen LogP contribution in [0.3, 0.4) is 0 Å². The number of anilines is 1. The van der Waals surface area contributed by atoms with Gasteiger partial charge in [0.05, 0.1) is 17.4 Å². The number of carbonyl (C=O) groups excluding carboxylic acids is 1. The number of pyridine rings is 1. The summed E-state index contributed by atoms with van der Waals surface area (Å²) in [7, 11) is 0. The third-order valence-corrected chi connectivity index (χ3v) is 3.15. The van der Waals surface area contributed by atoms with Gasteiger partial charge in [0.25, 0.3) is 5.91 Å².